The molecule has 3 heterocycles. The molecule has 5 nitrogen and oxygen atoms in total. The van der Waals surface area contributed by atoms with Crippen molar-refractivity contribution in [2.45, 2.75) is 33.6 Å². The van der Waals surface area contributed by atoms with Gasteiger partial charge in [0.05, 0.1) is 23.6 Å². The van der Waals surface area contributed by atoms with Crippen LogP contribution in [0.15, 0.2) is 30.6 Å². The summed E-state index contributed by atoms with van der Waals surface area (Å²) in [4.78, 5) is 13.7. The van der Waals surface area contributed by atoms with E-state index in [1.54, 1.807) is 6.20 Å². The standard InChI is InChI=1S/C17H20N4O/c1-5-22-17-13(7-6-9-18-17)14-8-10-21-15(11(2)3)19-12(4)16(21)20-14/h6-11H,5H2,1-4H3. The summed E-state index contributed by atoms with van der Waals surface area (Å²) in [5.41, 5.74) is 3.57. The van der Waals surface area contributed by atoms with E-state index in [-0.39, 0.29) is 0 Å². The van der Waals surface area contributed by atoms with Gasteiger partial charge in [0.15, 0.2) is 5.65 Å². The first-order valence-electron chi connectivity index (χ1n) is 7.55. The number of hydrogen-bond donors (Lipinski definition) is 0. The number of hydrogen-bond acceptors (Lipinski definition) is 4. The molecular formula is C17H20N4O. The second-order valence-electron chi connectivity index (χ2n) is 5.51. The number of fused-ring (bicyclic) bond motifs is 1. The Bertz CT molecular complexity index is 808. The summed E-state index contributed by atoms with van der Waals surface area (Å²) >= 11 is 0. The Balaban J connectivity index is 2.16. The zero-order valence-corrected chi connectivity index (χ0v) is 13.4. The lowest BCUT2D eigenvalue weighted by molar-refractivity contribution is 0.328. The Morgan fingerprint density at radius 3 is 2.77 bits per heavy atom. The van der Waals surface area contributed by atoms with Crippen molar-refractivity contribution in [3.8, 4) is 17.1 Å². The molecule has 0 amide bonds. The van der Waals surface area contributed by atoms with E-state index in [9.17, 15) is 0 Å². The normalized spacial score (nSPS) is 11.3. The van der Waals surface area contributed by atoms with Crippen molar-refractivity contribution in [1.29, 1.82) is 0 Å². The lowest BCUT2D eigenvalue weighted by atomic mass is 10.2. The van der Waals surface area contributed by atoms with Gasteiger partial charge in [-0.2, -0.15) is 0 Å². The van der Waals surface area contributed by atoms with Crippen LogP contribution < -0.4 is 4.74 Å². The highest BCUT2D eigenvalue weighted by Gasteiger charge is 2.15. The third-order valence-corrected chi connectivity index (χ3v) is 3.53. The second-order valence-corrected chi connectivity index (χ2v) is 5.51. The first-order chi connectivity index (χ1) is 10.6. The third-order valence-electron chi connectivity index (χ3n) is 3.53. The van der Waals surface area contributed by atoms with Crippen LogP contribution in [-0.4, -0.2) is 26.0 Å². The van der Waals surface area contributed by atoms with Crippen molar-refractivity contribution in [3.05, 3.63) is 42.1 Å². The van der Waals surface area contributed by atoms with E-state index in [1.807, 2.05) is 38.2 Å². The molecular weight excluding hydrogens is 276 g/mol. The predicted molar refractivity (Wildman–Crippen MR) is 86.2 cm³/mol. The Hall–Kier alpha value is -2.43. The Morgan fingerprint density at radius 1 is 1.23 bits per heavy atom. The van der Waals surface area contributed by atoms with Gasteiger partial charge in [-0.1, -0.05) is 13.8 Å². The Morgan fingerprint density at radius 2 is 2.05 bits per heavy atom. The van der Waals surface area contributed by atoms with Gasteiger partial charge in [0.25, 0.3) is 0 Å². The zero-order chi connectivity index (χ0) is 15.7. The summed E-state index contributed by atoms with van der Waals surface area (Å²) in [7, 11) is 0. The van der Waals surface area contributed by atoms with Crippen LogP contribution in [0.25, 0.3) is 16.9 Å². The minimum Gasteiger partial charge on any atom is -0.477 e. The fourth-order valence-electron chi connectivity index (χ4n) is 2.53. The number of pyridine rings is 1. The van der Waals surface area contributed by atoms with Gasteiger partial charge in [-0.3, -0.25) is 4.40 Å². The number of aryl methyl sites for hydroxylation is 1. The molecule has 114 valence electrons. The fraction of sp³-hybridized carbons (Fsp3) is 0.353. The highest BCUT2D eigenvalue weighted by Crippen LogP contribution is 2.28. The van der Waals surface area contributed by atoms with Crippen LogP contribution in [0.5, 0.6) is 5.88 Å². The molecule has 0 atom stereocenters. The van der Waals surface area contributed by atoms with Crippen molar-refractivity contribution in [2.24, 2.45) is 0 Å². The Labute approximate surface area is 130 Å². The van der Waals surface area contributed by atoms with Crippen LogP contribution >= 0.6 is 0 Å². The van der Waals surface area contributed by atoms with Crippen molar-refractivity contribution >= 4 is 5.65 Å². The van der Waals surface area contributed by atoms with Gasteiger partial charge in [-0.25, -0.2) is 15.0 Å². The quantitative estimate of drug-likeness (QED) is 0.738. The summed E-state index contributed by atoms with van der Waals surface area (Å²) in [6.07, 6.45) is 3.75. The molecule has 0 unspecified atom stereocenters. The van der Waals surface area contributed by atoms with Crippen LogP contribution in [-0.2, 0) is 0 Å². The molecule has 0 aromatic carbocycles. The number of ether oxygens (including phenoxy) is 1. The molecule has 0 saturated heterocycles. The van der Waals surface area contributed by atoms with E-state index < -0.39 is 0 Å². The lowest BCUT2D eigenvalue weighted by Gasteiger charge is -2.09. The highest BCUT2D eigenvalue weighted by atomic mass is 16.5. The molecule has 0 radical (unpaired) electrons. The molecule has 0 spiro atoms. The van der Waals surface area contributed by atoms with Crippen LogP contribution in [0.1, 0.15) is 38.2 Å². The zero-order valence-electron chi connectivity index (χ0n) is 13.4. The van der Waals surface area contributed by atoms with Crippen molar-refractivity contribution < 1.29 is 4.74 Å². The molecule has 0 aliphatic carbocycles. The lowest BCUT2D eigenvalue weighted by Crippen LogP contribution is -2.00. The average Bonchev–Trinajstić information content (AvgIpc) is 2.85. The van der Waals surface area contributed by atoms with E-state index >= 15 is 0 Å². The highest BCUT2D eigenvalue weighted by molar-refractivity contribution is 5.67. The minimum atomic E-state index is 0.353. The topological polar surface area (TPSA) is 52.3 Å². The summed E-state index contributed by atoms with van der Waals surface area (Å²) < 4.78 is 7.66. The first kappa shape index (κ1) is 14.5. The molecule has 3 rings (SSSR count). The molecule has 0 fully saturated rings. The van der Waals surface area contributed by atoms with Crippen molar-refractivity contribution in [1.82, 2.24) is 19.4 Å². The third kappa shape index (κ3) is 2.43. The molecule has 3 aromatic heterocycles. The van der Waals surface area contributed by atoms with E-state index in [0.717, 1.165) is 28.4 Å². The first-order valence-corrected chi connectivity index (χ1v) is 7.55. The number of imidazole rings is 1. The van der Waals surface area contributed by atoms with E-state index in [4.69, 9.17) is 9.72 Å². The smallest absolute Gasteiger partial charge is 0.222 e. The molecule has 22 heavy (non-hydrogen) atoms. The van der Waals surface area contributed by atoms with Crippen LogP contribution in [0.3, 0.4) is 0 Å². The minimum absolute atomic E-state index is 0.353. The molecule has 0 bridgehead atoms. The second kappa shape index (κ2) is 5.75. The van der Waals surface area contributed by atoms with Crippen LogP contribution in [0.4, 0.5) is 0 Å². The van der Waals surface area contributed by atoms with Crippen molar-refractivity contribution in [2.75, 3.05) is 6.61 Å². The van der Waals surface area contributed by atoms with E-state index in [0.29, 0.717) is 18.4 Å². The summed E-state index contributed by atoms with van der Waals surface area (Å²) in [6, 6.07) is 5.86. The van der Waals surface area contributed by atoms with Gasteiger partial charge in [0.1, 0.15) is 5.82 Å². The largest absolute Gasteiger partial charge is 0.477 e. The molecule has 0 aliphatic heterocycles. The van der Waals surface area contributed by atoms with Crippen molar-refractivity contribution in [3.63, 3.8) is 0 Å². The van der Waals surface area contributed by atoms with Gasteiger partial charge in [-0.15, -0.1) is 0 Å². The van der Waals surface area contributed by atoms with Crippen LogP contribution in [0, 0.1) is 6.92 Å². The average molecular weight is 296 g/mol. The molecule has 0 N–H and O–H groups in total. The van der Waals surface area contributed by atoms with Crippen LogP contribution in [0.2, 0.25) is 0 Å². The maximum absolute atomic E-state index is 5.60. The number of nitrogens with zero attached hydrogens (tertiary/aromatic N) is 4. The molecule has 3 aromatic rings. The predicted octanol–water partition coefficient (Wildman–Crippen LogP) is 3.62. The Kier molecular flexibility index (Phi) is 3.79. The summed E-state index contributed by atoms with van der Waals surface area (Å²) in [5, 5.41) is 0. The summed E-state index contributed by atoms with van der Waals surface area (Å²) in [6.45, 7) is 8.79. The number of rotatable bonds is 4. The SMILES string of the molecule is CCOc1ncccc1-c1ccn2c(C(C)C)nc(C)c2n1. The maximum atomic E-state index is 5.60. The van der Waals surface area contributed by atoms with Gasteiger partial charge < -0.3 is 4.74 Å². The monoisotopic (exact) mass is 296 g/mol. The van der Waals surface area contributed by atoms with E-state index in [2.05, 4.69) is 28.2 Å². The van der Waals surface area contributed by atoms with Gasteiger partial charge in [-0.05, 0) is 32.0 Å². The van der Waals surface area contributed by atoms with Gasteiger partial charge in [0.2, 0.25) is 5.88 Å². The molecule has 5 heteroatoms. The van der Waals surface area contributed by atoms with Gasteiger partial charge >= 0.3 is 0 Å². The summed E-state index contributed by atoms with van der Waals surface area (Å²) in [5.74, 6) is 2.00. The maximum Gasteiger partial charge on any atom is 0.222 e. The molecule has 0 aliphatic rings. The van der Waals surface area contributed by atoms with E-state index in [1.165, 1.54) is 0 Å². The number of aromatic nitrogens is 4. The van der Waals surface area contributed by atoms with Gasteiger partial charge in [0, 0.05) is 18.3 Å². The molecule has 0 saturated carbocycles. The fourth-order valence-corrected chi connectivity index (χ4v) is 2.53.